The molecule has 30 heavy (non-hydrogen) atoms. The van der Waals surface area contributed by atoms with Crippen molar-refractivity contribution in [3.05, 3.63) is 59.7 Å². The van der Waals surface area contributed by atoms with Crippen LogP contribution in [-0.2, 0) is 21.3 Å². The number of urea groups is 1. The molecule has 1 atom stereocenters. The first-order valence-corrected chi connectivity index (χ1v) is 11.0. The number of carbonyl (C=O) groups is 2. The van der Waals surface area contributed by atoms with E-state index in [9.17, 15) is 18.0 Å². The molecule has 0 saturated carbocycles. The minimum Gasteiger partial charge on any atom is -0.377 e. The highest BCUT2D eigenvalue weighted by atomic mass is 32.2. The number of benzene rings is 2. The van der Waals surface area contributed by atoms with E-state index in [-0.39, 0.29) is 29.7 Å². The summed E-state index contributed by atoms with van der Waals surface area (Å²) >= 11 is 0. The van der Waals surface area contributed by atoms with Crippen LogP contribution < -0.4 is 21.1 Å². The molecule has 1 fully saturated rings. The Labute approximate surface area is 175 Å². The lowest BCUT2D eigenvalue weighted by molar-refractivity contribution is 0.0950. The van der Waals surface area contributed by atoms with E-state index in [1.807, 2.05) is 0 Å². The Kier molecular flexibility index (Phi) is 7.03. The summed E-state index contributed by atoms with van der Waals surface area (Å²) in [7, 11) is -3.74. The topological polar surface area (TPSA) is 140 Å². The molecule has 2 aromatic rings. The van der Waals surface area contributed by atoms with E-state index in [2.05, 4.69) is 15.4 Å². The maximum atomic E-state index is 12.5. The molecule has 1 aliphatic heterocycles. The lowest BCUT2D eigenvalue weighted by Gasteiger charge is -2.12. The zero-order valence-electron chi connectivity index (χ0n) is 16.3. The van der Waals surface area contributed by atoms with E-state index < -0.39 is 22.0 Å². The highest BCUT2D eigenvalue weighted by Gasteiger charge is 2.21. The molecule has 3 rings (SSSR count). The van der Waals surface area contributed by atoms with Gasteiger partial charge in [-0.15, -0.1) is 0 Å². The van der Waals surface area contributed by atoms with E-state index >= 15 is 0 Å². The molecule has 0 bridgehead atoms. The molecule has 1 heterocycles. The summed E-state index contributed by atoms with van der Waals surface area (Å²) in [4.78, 5) is 23.3. The summed E-state index contributed by atoms with van der Waals surface area (Å²) in [5, 5.41) is 5.20. The van der Waals surface area contributed by atoms with Crippen molar-refractivity contribution in [1.82, 2.24) is 10.0 Å². The van der Waals surface area contributed by atoms with E-state index in [4.69, 9.17) is 10.5 Å². The van der Waals surface area contributed by atoms with E-state index in [0.29, 0.717) is 12.3 Å². The van der Waals surface area contributed by atoms with Crippen molar-refractivity contribution >= 4 is 27.6 Å². The fraction of sp³-hybridized carbons (Fsp3) is 0.300. The van der Waals surface area contributed by atoms with Crippen molar-refractivity contribution in [3.63, 3.8) is 0 Å². The van der Waals surface area contributed by atoms with Crippen molar-refractivity contribution in [2.75, 3.05) is 18.5 Å². The number of primary amides is 1. The number of amides is 3. The van der Waals surface area contributed by atoms with Gasteiger partial charge in [0.2, 0.25) is 10.0 Å². The van der Waals surface area contributed by atoms with Crippen LogP contribution in [0.4, 0.5) is 10.5 Å². The molecule has 0 aromatic heterocycles. The van der Waals surface area contributed by atoms with Gasteiger partial charge in [-0.2, -0.15) is 0 Å². The Hall–Kier alpha value is -2.95. The van der Waals surface area contributed by atoms with Crippen LogP contribution in [0, 0.1) is 0 Å². The second kappa shape index (κ2) is 9.70. The summed E-state index contributed by atoms with van der Waals surface area (Å²) < 4.78 is 33.0. The number of ether oxygens (including phenoxy) is 1. The van der Waals surface area contributed by atoms with Crippen LogP contribution in [0.25, 0.3) is 0 Å². The second-order valence-corrected chi connectivity index (χ2v) is 8.65. The summed E-state index contributed by atoms with van der Waals surface area (Å²) in [6.45, 7) is 1.09. The van der Waals surface area contributed by atoms with Crippen LogP contribution >= 0.6 is 0 Å². The number of rotatable bonds is 8. The average Bonchev–Trinajstić information content (AvgIpc) is 3.25. The Bertz CT molecular complexity index is 1000. The first-order chi connectivity index (χ1) is 14.3. The summed E-state index contributed by atoms with van der Waals surface area (Å²) in [5.41, 5.74) is 6.65. The zero-order chi connectivity index (χ0) is 21.6. The minimum atomic E-state index is -3.74. The van der Waals surface area contributed by atoms with Crippen LogP contribution in [0.1, 0.15) is 28.8 Å². The van der Waals surface area contributed by atoms with E-state index in [1.54, 1.807) is 30.3 Å². The van der Waals surface area contributed by atoms with Crippen molar-refractivity contribution in [1.29, 1.82) is 0 Å². The Morgan fingerprint density at radius 1 is 1.13 bits per heavy atom. The standard InChI is InChI=1S/C20H24N4O5S/c21-20(26)24-16-8-6-14(7-9-16)12-22-19(25)15-3-1-5-18(11-15)30(27,28)23-13-17-4-2-10-29-17/h1,3,5-9,11,17,23H,2,4,10,12-13H2,(H,22,25)(H3,21,24,26). The van der Waals surface area contributed by atoms with Crippen LogP contribution in [0.2, 0.25) is 0 Å². The van der Waals surface area contributed by atoms with Gasteiger partial charge < -0.3 is 21.1 Å². The third-order valence-electron chi connectivity index (χ3n) is 4.61. The molecule has 5 N–H and O–H groups in total. The van der Waals surface area contributed by atoms with Gasteiger partial charge in [-0.25, -0.2) is 17.9 Å². The summed E-state index contributed by atoms with van der Waals surface area (Å²) in [5.74, 6) is -0.398. The lowest BCUT2D eigenvalue weighted by Crippen LogP contribution is -2.32. The molecule has 10 heteroatoms. The molecule has 160 valence electrons. The van der Waals surface area contributed by atoms with Gasteiger partial charge in [0, 0.05) is 30.9 Å². The number of sulfonamides is 1. The van der Waals surface area contributed by atoms with Crippen LogP contribution in [-0.4, -0.2) is 39.6 Å². The van der Waals surface area contributed by atoms with Gasteiger partial charge in [-0.05, 0) is 48.7 Å². The van der Waals surface area contributed by atoms with Gasteiger partial charge in [-0.1, -0.05) is 18.2 Å². The van der Waals surface area contributed by atoms with Gasteiger partial charge in [-0.3, -0.25) is 4.79 Å². The molecule has 9 nitrogen and oxygen atoms in total. The van der Waals surface area contributed by atoms with Gasteiger partial charge in [0.25, 0.3) is 5.91 Å². The maximum Gasteiger partial charge on any atom is 0.316 e. The fourth-order valence-corrected chi connectivity index (χ4v) is 4.14. The quantitative estimate of drug-likeness (QED) is 0.501. The second-order valence-electron chi connectivity index (χ2n) is 6.88. The predicted octanol–water partition coefficient (Wildman–Crippen LogP) is 1.56. The number of carbonyl (C=O) groups excluding carboxylic acids is 2. The number of nitrogens with two attached hydrogens (primary N) is 1. The van der Waals surface area contributed by atoms with E-state index in [1.165, 1.54) is 18.2 Å². The molecule has 0 aliphatic carbocycles. The van der Waals surface area contributed by atoms with Gasteiger partial charge in [0.05, 0.1) is 11.0 Å². The molecule has 0 radical (unpaired) electrons. The number of hydrogen-bond donors (Lipinski definition) is 4. The third kappa shape index (κ3) is 6.02. The SMILES string of the molecule is NC(=O)Nc1ccc(CNC(=O)c2cccc(S(=O)(=O)NCC3CCCO3)c2)cc1. The summed E-state index contributed by atoms with van der Waals surface area (Å²) in [6.07, 6.45) is 1.63. The molecule has 1 aliphatic rings. The van der Waals surface area contributed by atoms with Crippen LogP contribution in [0.15, 0.2) is 53.4 Å². The zero-order valence-corrected chi connectivity index (χ0v) is 17.1. The van der Waals surface area contributed by atoms with E-state index in [0.717, 1.165) is 18.4 Å². The van der Waals surface area contributed by atoms with Crippen molar-refractivity contribution in [3.8, 4) is 0 Å². The minimum absolute atomic E-state index is 0.0232. The normalized spacial score (nSPS) is 16.2. The Morgan fingerprint density at radius 3 is 2.57 bits per heavy atom. The fourth-order valence-electron chi connectivity index (χ4n) is 3.03. The van der Waals surface area contributed by atoms with Gasteiger partial charge >= 0.3 is 6.03 Å². The monoisotopic (exact) mass is 432 g/mol. The molecular formula is C20H24N4O5S. The van der Waals surface area contributed by atoms with Crippen molar-refractivity contribution in [2.45, 2.75) is 30.4 Å². The molecule has 2 aromatic carbocycles. The number of hydrogen-bond acceptors (Lipinski definition) is 5. The van der Waals surface area contributed by atoms with Crippen molar-refractivity contribution in [2.24, 2.45) is 5.73 Å². The largest absolute Gasteiger partial charge is 0.377 e. The van der Waals surface area contributed by atoms with Crippen molar-refractivity contribution < 1.29 is 22.7 Å². The molecule has 1 unspecified atom stereocenters. The highest BCUT2D eigenvalue weighted by Crippen LogP contribution is 2.15. The molecule has 3 amide bonds. The Balaban J connectivity index is 1.59. The molecule has 0 spiro atoms. The van der Waals surface area contributed by atoms with Crippen LogP contribution in [0.5, 0.6) is 0 Å². The maximum absolute atomic E-state index is 12.5. The Morgan fingerprint density at radius 2 is 1.90 bits per heavy atom. The third-order valence-corrected chi connectivity index (χ3v) is 6.03. The smallest absolute Gasteiger partial charge is 0.316 e. The first kappa shape index (κ1) is 21.8. The number of anilines is 1. The van der Waals surface area contributed by atoms with Crippen LogP contribution in [0.3, 0.4) is 0 Å². The lowest BCUT2D eigenvalue weighted by atomic mass is 10.2. The van der Waals surface area contributed by atoms with Gasteiger partial charge in [0.15, 0.2) is 0 Å². The molecule has 1 saturated heterocycles. The average molecular weight is 433 g/mol. The van der Waals surface area contributed by atoms with Gasteiger partial charge in [0.1, 0.15) is 0 Å². The first-order valence-electron chi connectivity index (χ1n) is 9.48. The predicted molar refractivity (Wildman–Crippen MR) is 111 cm³/mol. The number of nitrogens with one attached hydrogen (secondary N) is 3. The summed E-state index contributed by atoms with van der Waals surface area (Å²) in [6, 6.07) is 12.0. The molecular weight excluding hydrogens is 408 g/mol. The highest BCUT2D eigenvalue weighted by molar-refractivity contribution is 7.89.